The summed E-state index contributed by atoms with van der Waals surface area (Å²) in [6.45, 7) is 2.24. The predicted molar refractivity (Wildman–Crippen MR) is 101 cm³/mol. The number of nitrogens with zero attached hydrogens (tertiary/aromatic N) is 1. The number of hydrogen-bond acceptors (Lipinski definition) is 3. The predicted octanol–water partition coefficient (Wildman–Crippen LogP) is 5.26. The summed E-state index contributed by atoms with van der Waals surface area (Å²) in [6.07, 6.45) is 0.897. The lowest BCUT2D eigenvalue weighted by Crippen LogP contribution is -2.23. The van der Waals surface area contributed by atoms with Gasteiger partial charge in [0.05, 0.1) is 15.6 Å². The van der Waals surface area contributed by atoms with Crippen LogP contribution in [0.2, 0.25) is 10.0 Å². The van der Waals surface area contributed by atoms with Crippen LogP contribution in [0.5, 0.6) is 0 Å². The van der Waals surface area contributed by atoms with Crippen molar-refractivity contribution in [2.24, 2.45) is 0 Å². The molecule has 0 saturated heterocycles. The molecular formula is C19H16Cl2N2O2. The van der Waals surface area contributed by atoms with E-state index >= 15 is 0 Å². The van der Waals surface area contributed by atoms with Crippen LogP contribution in [-0.4, -0.2) is 17.5 Å². The highest BCUT2D eigenvalue weighted by Gasteiger charge is 2.22. The highest BCUT2D eigenvalue weighted by atomic mass is 35.5. The fourth-order valence-corrected chi connectivity index (χ4v) is 2.80. The smallest absolute Gasteiger partial charge is 0.258 e. The average molecular weight is 375 g/mol. The first kappa shape index (κ1) is 17.7. The van der Waals surface area contributed by atoms with Crippen LogP contribution in [0.3, 0.4) is 0 Å². The van der Waals surface area contributed by atoms with Crippen molar-refractivity contribution in [1.29, 1.82) is 0 Å². The van der Waals surface area contributed by atoms with Crippen LogP contribution in [0.4, 0.5) is 5.69 Å². The molecule has 25 heavy (non-hydrogen) atoms. The summed E-state index contributed by atoms with van der Waals surface area (Å²) in [5.41, 5.74) is 2.11. The Morgan fingerprint density at radius 3 is 2.72 bits per heavy atom. The number of rotatable bonds is 5. The fourth-order valence-electron chi connectivity index (χ4n) is 2.50. The highest BCUT2D eigenvalue weighted by molar-refractivity contribution is 6.42. The Morgan fingerprint density at radius 2 is 1.96 bits per heavy atom. The summed E-state index contributed by atoms with van der Waals surface area (Å²) in [5, 5.41) is 4.56. The Morgan fingerprint density at radius 1 is 1.16 bits per heavy atom. The molecule has 1 aromatic heterocycles. The second-order valence-corrected chi connectivity index (χ2v) is 6.23. The van der Waals surface area contributed by atoms with Crippen molar-refractivity contribution in [2.75, 3.05) is 11.9 Å². The molecule has 3 aromatic rings. The number of fused-ring (bicyclic) bond motifs is 1. The van der Waals surface area contributed by atoms with Crippen LogP contribution in [0, 0.1) is 0 Å². The van der Waals surface area contributed by atoms with Gasteiger partial charge in [0, 0.05) is 29.4 Å². The number of carbonyl (C=O) groups excluding carboxylic acids is 1. The van der Waals surface area contributed by atoms with Crippen LogP contribution in [0.15, 0.2) is 54.7 Å². The van der Waals surface area contributed by atoms with Gasteiger partial charge in [0.25, 0.3) is 5.91 Å². The third-order valence-corrected chi connectivity index (χ3v) is 4.41. The summed E-state index contributed by atoms with van der Waals surface area (Å²) in [7, 11) is 0. The van der Waals surface area contributed by atoms with Crippen LogP contribution in [0.1, 0.15) is 18.6 Å². The van der Waals surface area contributed by atoms with Gasteiger partial charge in [0.15, 0.2) is 6.10 Å². The Kier molecular flexibility index (Phi) is 5.53. The van der Waals surface area contributed by atoms with Gasteiger partial charge in [0.2, 0.25) is 0 Å². The highest BCUT2D eigenvalue weighted by Crippen LogP contribution is 2.27. The molecule has 2 aromatic carbocycles. The SMILES string of the molecule is CCOC(C(=O)Nc1ccc(Cl)c(Cl)c1)c1cnc2ccccc2c1. The first-order chi connectivity index (χ1) is 12.1. The number of ether oxygens (including phenoxy) is 1. The van der Waals surface area contributed by atoms with Gasteiger partial charge in [-0.25, -0.2) is 0 Å². The molecule has 128 valence electrons. The van der Waals surface area contributed by atoms with Crippen LogP contribution >= 0.6 is 23.2 Å². The number of aromatic nitrogens is 1. The number of amides is 1. The van der Waals surface area contributed by atoms with Gasteiger partial charge in [-0.2, -0.15) is 0 Å². The molecule has 0 bridgehead atoms. The number of benzene rings is 2. The summed E-state index contributed by atoms with van der Waals surface area (Å²) >= 11 is 11.9. The number of para-hydroxylation sites is 1. The van der Waals surface area contributed by atoms with E-state index in [0.29, 0.717) is 27.9 Å². The maximum absolute atomic E-state index is 12.7. The summed E-state index contributed by atoms with van der Waals surface area (Å²) in [4.78, 5) is 17.1. The van der Waals surface area contributed by atoms with Gasteiger partial charge < -0.3 is 10.1 Å². The molecule has 1 unspecified atom stereocenters. The van der Waals surface area contributed by atoms with Crippen LogP contribution < -0.4 is 5.32 Å². The largest absolute Gasteiger partial charge is 0.364 e. The standard InChI is InChI=1S/C19H16Cl2N2O2/c1-2-25-18(13-9-12-5-3-4-6-17(12)22-11-13)19(24)23-14-7-8-15(20)16(21)10-14/h3-11,18H,2H2,1H3,(H,23,24). The Labute approximate surface area is 155 Å². The molecular weight excluding hydrogens is 359 g/mol. The summed E-state index contributed by atoms with van der Waals surface area (Å²) < 4.78 is 5.65. The number of hydrogen-bond donors (Lipinski definition) is 1. The first-order valence-corrected chi connectivity index (χ1v) is 8.56. The molecule has 0 aliphatic rings. The van der Waals surface area contributed by atoms with Crippen molar-refractivity contribution in [2.45, 2.75) is 13.0 Å². The van der Waals surface area contributed by atoms with Gasteiger partial charge in [-0.1, -0.05) is 41.4 Å². The Balaban J connectivity index is 1.87. The molecule has 1 amide bonds. The number of anilines is 1. The number of pyridine rings is 1. The third-order valence-electron chi connectivity index (χ3n) is 3.67. The minimum atomic E-state index is -0.767. The molecule has 0 spiro atoms. The lowest BCUT2D eigenvalue weighted by atomic mass is 10.1. The van der Waals surface area contributed by atoms with Crippen LogP contribution in [-0.2, 0) is 9.53 Å². The van der Waals surface area contributed by atoms with Gasteiger partial charge in [0.1, 0.15) is 0 Å². The van der Waals surface area contributed by atoms with E-state index in [1.807, 2.05) is 37.3 Å². The normalized spacial score (nSPS) is 12.1. The molecule has 1 atom stereocenters. The molecule has 0 saturated carbocycles. The monoisotopic (exact) mass is 374 g/mol. The zero-order valence-electron chi connectivity index (χ0n) is 13.5. The molecule has 1 N–H and O–H groups in total. The van der Waals surface area contributed by atoms with Gasteiger partial charge in [-0.3, -0.25) is 9.78 Å². The minimum Gasteiger partial charge on any atom is -0.364 e. The Hall–Kier alpha value is -2.14. The average Bonchev–Trinajstić information content (AvgIpc) is 2.62. The first-order valence-electron chi connectivity index (χ1n) is 7.80. The minimum absolute atomic E-state index is 0.294. The maximum atomic E-state index is 12.7. The van der Waals surface area contributed by atoms with Crippen molar-refractivity contribution in [3.05, 3.63) is 70.3 Å². The Bertz CT molecular complexity index is 915. The van der Waals surface area contributed by atoms with Gasteiger partial charge in [-0.05, 0) is 37.3 Å². The topological polar surface area (TPSA) is 51.2 Å². The van der Waals surface area contributed by atoms with E-state index in [4.69, 9.17) is 27.9 Å². The van der Waals surface area contributed by atoms with Crippen molar-refractivity contribution in [3.8, 4) is 0 Å². The van der Waals surface area contributed by atoms with Crippen molar-refractivity contribution < 1.29 is 9.53 Å². The van der Waals surface area contributed by atoms with E-state index in [1.165, 1.54) is 0 Å². The molecule has 3 rings (SSSR count). The second-order valence-electron chi connectivity index (χ2n) is 5.41. The third kappa shape index (κ3) is 4.10. The van der Waals surface area contributed by atoms with E-state index in [1.54, 1.807) is 24.4 Å². The molecule has 4 nitrogen and oxygen atoms in total. The quantitative estimate of drug-likeness (QED) is 0.662. The van der Waals surface area contributed by atoms with Crippen molar-refractivity contribution >= 4 is 45.7 Å². The number of halogens is 2. The molecule has 0 fully saturated rings. The van der Waals surface area contributed by atoms with E-state index in [0.717, 1.165) is 10.9 Å². The molecule has 1 heterocycles. The lowest BCUT2D eigenvalue weighted by molar-refractivity contribution is -0.127. The zero-order chi connectivity index (χ0) is 17.8. The summed E-state index contributed by atoms with van der Waals surface area (Å²) in [6, 6.07) is 14.6. The van der Waals surface area contributed by atoms with Crippen molar-refractivity contribution in [1.82, 2.24) is 4.98 Å². The van der Waals surface area contributed by atoms with E-state index in [-0.39, 0.29) is 5.91 Å². The molecule has 0 aliphatic heterocycles. The maximum Gasteiger partial charge on any atom is 0.258 e. The number of nitrogens with one attached hydrogen (secondary N) is 1. The number of carbonyl (C=O) groups is 1. The lowest BCUT2D eigenvalue weighted by Gasteiger charge is -2.17. The second kappa shape index (κ2) is 7.83. The molecule has 0 aliphatic carbocycles. The van der Waals surface area contributed by atoms with Crippen molar-refractivity contribution in [3.63, 3.8) is 0 Å². The van der Waals surface area contributed by atoms with E-state index in [2.05, 4.69) is 10.3 Å². The van der Waals surface area contributed by atoms with Gasteiger partial charge >= 0.3 is 0 Å². The van der Waals surface area contributed by atoms with Gasteiger partial charge in [-0.15, -0.1) is 0 Å². The summed E-state index contributed by atoms with van der Waals surface area (Å²) in [5.74, 6) is -0.294. The fraction of sp³-hybridized carbons (Fsp3) is 0.158. The zero-order valence-corrected chi connectivity index (χ0v) is 15.0. The molecule has 6 heteroatoms. The van der Waals surface area contributed by atoms with Crippen LogP contribution in [0.25, 0.3) is 10.9 Å². The van der Waals surface area contributed by atoms with E-state index in [9.17, 15) is 4.79 Å². The van der Waals surface area contributed by atoms with E-state index < -0.39 is 6.10 Å². The molecule has 0 radical (unpaired) electrons.